The predicted octanol–water partition coefficient (Wildman–Crippen LogP) is 4.69. The number of aromatic nitrogens is 3. The van der Waals surface area contributed by atoms with Gasteiger partial charge in [-0.05, 0) is 49.9 Å². The molecule has 0 saturated heterocycles. The first-order valence-electron chi connectivity index (χ1n) is 10.2. The van der Waals surface area contributed by atoms with Crippen molar-refractivity contribution in [2.75, 3.05) is 5.32 Å². The van der Waals surface area contributed by atoms with Gasteiger partial charge in [-0.1, -0.05) is 36.2 Å². The second-order valence-corrected chi connectivity index (χ2v) is 7.63. The Kier molecular flexibility index (Phi) is 5.69. The van der Waals surface area contributed by atoms with Crippen LogP contribution in [0.2, 0.25) is 0 Å². The van der Waals surface area contributed by atoms with E-state index in [9.17, 15) is 9.18 Å². The van der Waals surface area contributed by atoms with Gasteiger partial charge in [0.05, 0.1) is 5.56 Å². The van der Waals surface area contributed by atoms with Crippen molar-refractivity contribution < 1.29 is 9.18 Å². The molecule has 1 N–H and O–H groups in total. The average molecular weight is 392 g/mol. The van der Waals surface area contributed by atoms with Crippen molar-refractivity contribution in [2.24, 2.45) is 0 Å². The van der Waals surface area contributed by atoms with Crippen molar-refractivity contribution in [3.8, 4) is 11.4 Å². The van der Waals surface area contributed by atoms with E-state index in [1.165, 1.54) is 11.6 Å². The highest BCUT2D eigenvalue weighted by Gasteiger charge is 2.19. The molecule has 0 radical (unpaired) electrons. The van der Waals surface area contributed by atoms with Crippen molar-refractivity contribution >= 4 is 11.6 Å². The summed E-state index contributed by atoms with van der Waals surface area (Å²) in [5.74, 6) is 0.992. The number of carbonyl (C=O) groups excluding carboxylic acids is 1. The molecule has 1 aromatic heterocycles. The lowest BCUT2D eigenvalue weighted by Gasteiger charge is -2.11. The van der Waals surface area contributed by atoms with Gasteiger partial charge in [0.15, 0.2) is 5.82 Å². The van der Waals surface area contributed by atoms with Gasteiger partial charge >= 0.3 is 0 Å². The minimum absolute atomic E-state index is 0.0934. The third-order valence-electron chi connectivity index (χ3n) is 5.32. The SMILES string of the molecule is Cc1cccc(CCC(=O)Nc2ccc(F)c(-c3nnc4n3CCCCC4)c2)c1. The number of nitrogens with one attached hydrogen (secondary N) is 1. The lowest BCUT2D eigenvalue weighted by atomic mass is 10.1. The highest BCUT2D eigenvalue weighted by Crippen LogP contribution is 2.27. The van der Waals surface area contributed by atoms with Gasteiger partial charge < -0.3 is 9.88 Å². The smallest absolute Gasteiger partial charge is 0.224 e. The molecule has 0 fully saturated rings. The monoisotopic (exact) mass is 392 g/mol. The Labute approximate surface area is 170 Å². The van der Waals surface area contributed by atoms with Crippen molar-refractivity contribution in [3.63, 3.8) is 0 Å². The summed E-state index contributed by atoms with van der Waals surface area (Å²) in [6.45, 7) is 2.83. The molecular weight excluding hydrogens is 367 g/mol. The second-order valence-electron chi connectivity index (χ2n) is 7.63. The lowest BCUT2D eigenvalue weighted by Crippen LogP contribution is -2.13. The van der Waals surface area contributed by atoms with Gasteiger partial charge in [0.2, 0.25) is 5.91 Å². The van der Waals surface area contributed by atoms with Crippen molar-refractivity contribution in [1.29, 1.82) is 0 Å². The number of hydrogen-bond donors (Lipinski definition) is 1. The van der Waals surface area contributed by atoms with Crippen LogP contribution in [-0.4, -0.2) is 20.7 Å². The number of carbonyl (C=O) groups is 1. The van der Waals surface area contributed by atoms with E-state index in [2.05, 4.69) is 21.6 Å². The van der Waals surface area contributed by atoms with E-state index in [1.807, 2.05) is 29.7 Å². The van der Waals surface area contributed by atoms with Crippen molar-refractivity contribution in [2.45, 2.75) is 52.0 Å². The van der Waals surface area contributed by atoms with Gasteiger partial charge in [-0.25, -0.2) is 4.39 Å². The third-order valence-corrected chi connectivity index (χ3v) is 5.32. The van der Waals surface area contributed by atoms with E-state index >= 15 is 0 Å². The normalized spacial score (nSPS) is 13.6. The molecule has 0 atom stereocenters. The first-order valence-corrected chi connectivity index (χ1v) is 10.2. The molecular formula is C23H25FN4O. The fourth-order valence-corrected chi connectivity index (χ4v) is 3.81. The maximum absolute atomic E-state index is 14.6. The summed E-state index contributed by atoms with van der Waals surface area (Å²) in [4.78, 5) is 12.4. The fourth-order valence-electron chi connectivity index (χ4n) is 3.81. The summed E-state index contributed by atoms with van der Waals surface area (Å²) in [6.07, 6.45) is 5.16. The van der Waals surface area contributed by atoms with E-state index < -0.39 is 0 Å². The van der Waals surface area contributed by atoms with Gasteiger partial charge in [-0.2, -0.15) is 0 Å². The molecule has 0 bridgehead atoms. The van der Waals surface area contributed by atoms with E-state index in [1.54, 1.807) is 12.1 Å². The molecule has 1 aliphatic heterocycles. The Morgan fingerprint density at radius 2 is 2.03 bits per heavy atom. The number of nitrogens with zero attached hydrogens (tertiary/aromatic N) is 3. The number of rotatable bonds is 5. The fraction of sp³-hybridized carbons (Fsp3) is 0.348. The van der Waals surface area contributed by atoms with Crippen molar-refractivity contribution in [3.05, 3.63) is 65.2 Å². The maximum atomic E-state index is 14.6. The summed E-state index contributed by atoms with van der Waals surface area (Å²) < 4.78 is 16.6. The topological polar surface area (TPSA) is 59.8 Å². The summed E-state index contributed by atoms with van der Waals surface area (Å²) in [5.41, 5.74) is 3.26. The number of anilines is 1. The molecule has 2 heterocycles. The van der Waals surface area contributed by atoms with Crippen LogP contribution in [0.5, 0.6) is 0 Å². The van der Waals surface area contributed by atoms with Crippen LogP contribution < -0.4 is 5.32 Å². The molecule has 1 aliphatic rings. The molecule has 0 aliphatic carbocycles. The van der Waals surface area contributed by atoms with Crippen LogP contribution in [0.25, 0.3) is 11.4 Å². The molecule has 150 valence electrons. The Balaban J connectivity index is 1.49. The highest BCUT2D eigenvalue weighted by atomic mass is 19.1. The third kappa shape index (κ3) is 4.53. The van der Waals surface area contributed by atoms with E-state index in [4.69, 9.17) is 0 Å². The van der Waals surface area contributed by atoms with Gasteiger partial charge in [-0.3, -0.25) is 4.79 Å². The zero-order valence-electron chi connectivity index (χ0n) is 16.6. The molecule has 4 rings (SSSR count). The molecule has 1 amide bonds. The molecule has 0 spiro atoms. The van der Waals surface area contributed by atoms with Crippen molar-refractivity contribution in [1.82, 2.24) is 14.8 Å². The van der Waals surface area contributed by atoms with Crippen LogP contribution in [0, 0.1) is 12.7 Å². The standard InChI is InChI=1S/C23H25FN4O/c1-16-6-5-7-17(14-16)9-12-22(29)25-18-10-11-20(24)19(15-18)23-27-26-21-8-3-2-4-13-28(21)23/h5-7,10-11,14-15H,2-4,8-9,12-13H2,1H3,(H,25,29). The Morgan fingerprint density at radius 1 is 1.14 bits per heavy atom. The van der Waals surface area contributed by atoms with Crippen LogP contribution >= 0.6 is 0 Å². The molecule has 6 heteroatoms. The Hall–Kier alpha value is -3.02. The van der Waals surface area contributed by atoms with Gasteiger partial charge in [0.25, 0.3) is 0 Å². The number of benzene rings is 2. The van der Waals surface area contributed by atoms with E-state index in [0.29, 0.717) is 29.9 Å². The van der Waals surface area contributed by atoms with Gasteiger partial charge in [0.1, 0.15) is 11.6 Å². The highest BCUT2D eigenvalue weighted by molar-refractivity contribution is 5.91. The molecule has 29 heavy (non-hydrogen) atoms. The molecule has 5 nitrogen and oxygen atoms in total. The summed E-state index contributed by atoms with van der Waals surface area (Å²) in [7, 11) is 0. The van der Waals surface area contributed by atoms with E-state index in [0.717, 1.165) is 43.6 Å². The number of amides is 1. The summed E-state index contributed by atoms with van der Waals surface area (Å²) in [5, 5.41) is 11.4. The van der Waals surface area contributed by atoms with Crippen LogP contribution in [0.3, 0.4) is 0 Å². The largest absolute Gasteiger partial charge is 0.326 e. The van der Waals surface area contributed by atoms with Crippen LogP contribution in [-0.2, 0) is 24.2 Å². The van der Waals surface area contributed by atoms with Crippen LogP contribution in [0.4, 0.5) is 10.1 Å². The quantitative estimate of drug-likeness (QED) is 0.685. The van der Waals surface area contributed by atoms with Gasteiger partial charge in [-0.15, -0.1) is 10.2 Å². The molecule has 0 saturated carbocycles. The molecule has 0 unspecified atom stereocenters. The van der Waals surface area contributed by atoms with Crippen LogP contribution in [0.1, 0.15) is 42.6 Å². The first kappa shape index (κ1) is 19.3. The minimum Gasteiger partial charge on any atom is -0.326 e. The second kappa shape index (κ2) is 8.55. The molecule has 3 aromatic rings. The number of aryl methyl sites for hydroxylation is 3. The zero-order valence-corrected chi connectivity index (χ0v) is 16.6. The van der Waals surface area contributed by atoms with Gasteiger partial charge in [0, 0.05) is 25.1 Å². The number of halogens is 1. The Bertz CT molecular complexity index is 1030. The maximum Gasteiger partial charge on any atom is 0.224 e. The summed E-state index contributed by atoms with van der Waals surface area (Å²) >= 11 is 0. The summed E-state index contributed by atoms with van der Waals surface area (Å²) in [6, 6.07) is 12.8. The minimum atomic E-state index is -0.359. The number of hydrogen-bond acceptors (Lipinski definition) is 3. The lowest BCUT2D eigenvalue weighted by molar-refractivity contribution is -0.116. The zero-order chi connectivity index (χ0) is 20.2. The first-order chi connectivity index (χ1) is 14.1. The average Bonchev–Trinajstić information content (AvgIpc) is 2.95. The Morgan fingerprint density at radius 3 is 2.90 bits per heavy atom. The van der Waals surface area contributed by atoms with E-state index in [-0.39, 0.29) is 11.7 Å². The van der Waals surface area contributed by atoms with Crippen LogP contribution in [0.15, 0.2) is 42.5 Å². The molecule has 2 aromatic carbocycles. The number of fused-ring (bicyclic) bond motifs is 1. The predicted molar refractivity (Wildman–Crippen MR) is 111 cm³/mol.